The van der Waals surface area contributed by atoms with Gasteiger partial charge in [0.1, 0.15) is 0 Å². The second kappa shape index (κ2) is 4.84. The van der Waals surface area contributed by atoms with Gasteiger partial charge in [-0.25, -0.2) is 0 Å². The standard InChI is InChI=1S/C9H9BrO5S/c1-14-8-4-3-7(10)6(5-11)9(8)15-16(2,12)13/h3-5H,1-2H3. The molecule has 1 rings (SSSR count). The van der Waals surface area contributed by atoms with Gasteiger partial charge in [0.05, 0.1) is 18.9 Å². The highest BCUT2D eigenvalue weighted by atomic mass is 79.9. The van der Waals surface area contributed by atoms with Crippen LogP contribution < -0.4 is 8.92 Å². The van der Waals surface area contributed by atoms with E-state index < -0.39 is 10.1 Å². The van der Waals surface area contributed by atoms with Crippen LogP contribution in [0.5, 0.6) is 11.5 Å². The molecule has 88 valence electrons. The molecule has 1 aromatic carbocycles. The minimum absolute atomic E-state index is 0.0878. The Kier molecular flexibility index (Phi) is 3.93. The first-order valence-electron chi connectivity index (χ1n) is 4.10. The van der Waals surface area contributed by atoms with Crippen molar-refractivity contribution in [1.29, 1.82) is 0 Å². The number of methoxy groups -OCH3 is 1. The number of ether oxygens (including phenoxy) is 1. The van der Waals surface area contributed by atoms with Crippen molar-refractivity contribution < 1.29 is 22.1 Å². The molecule has 0 aliphatic carbocycles. The first-order chi connectivity index (χ1) is 7.39. The summed E-state index contributed by atoms with van der Waals surface area (Å²) >= 11 is 3.12. The second-order valence-electron chi connectivity index (χ2n) is 2.90. The van der Waals surface area contributed by atoms with Gasteiger partial charge in [0.2, 0.25) is 0 Å². The summed E-state index contributed by atoms with van der Waals surface area (Å²) in [5, 5.41) is 0. The molecule has 0 spiro atoms. The molecule has 0 N–H and O–H groups in total. The number of halogens is 1. The van der Waals surface area contributed by atoms with Crippen molar-refractivity contribution in [3.63, 3.8) is 0 Å². The quantitative estimate of drug-likeness (QED) is 0.624. The van der Waals surface area contributed by atoms with E-state index in [0.29, 0.717) is 10.8 Å². The van der Waals surface area contributed by atoms with E-state index in [1.807, 2.05) is 0 Å². The Balaban J connectivity index is 3.42. The van der Waals surface area contributed by atoms with Crippen LogP contribution in [0.25, 0.3) is 0 Å². The summed E-state index contributed by atoms with van der Waals surface area (Å²) in [5.41, 5.74) is 0.0878. The van der Waals surface area contributed by atoms with Gasteiger partial charge in [-0.05, 0) is 28.1 Å². The highest BCUT2D eigenvalue weighted by molar-refractivity contribution is 9.10. The van der Waals surface area contributed by atoms with E-state index in [-0.39, 0.29) is 17.1 Å². The van der Waals surface area contributed by atoms with Crippen LogP contribution in [0.3, 0.4) is 0 Å². The number of carbonyl (C=O) groups excluding carboxylic acids is 1. The van der Waals surface area contributed by atoms with Crippen LogP contribution in [0.1, 0.15) is 10.4 Å². The first kappa shape index (κ1) is 13.0. The van der Waals surface area contributed by atoms with Crippen molar-refractivity contribution in [3.05, 3.63) is 22.2 Å². The molecule has 0 saturated heterocycles. The fourth-order valence-corrected chi connectivity index (χ4v) is 1.94. The van der Waals surface area contributed by atoms with E-state index >= 15 is 0 Å². The molecule has 0 atom stereocenters. The molecule has 0 saturated carbocycles. The lowest BCUT2D eigenvalue weighted by Gasteiger charge is -2.11. The van der Waals surface area contributed by atoms with Crippen molar-refractivity contribution in [1.82, 2.24) is 0 Å². The minimum atomic E-state index is -3.72. The van der Waals surface area contributed by atoms with Crippen LogP contribution in [-0.4, -0.2) is 28.1 Å². The molecule has 0 radical (unpaired) electrons. The molecule has 0 heterocycles. The van der Waals surface area contributed by atoms with E-state index in [0.717, 1.165) is 6.26 Å². The van der Waals surface area contributed by atoms with E-state index in [1.54, 1.807) is 6.07 Å². The summed E-state index contributed by atoms with van der Waals surface area (Å²) < 4.78 is 32.1. The second-order valence-corrected chi connectivity index (χ2v) is 5.33. The maximum Gasteiger partial charge on any atom is 0.306 e. The zero-order chi connectivity index (χ0) is 12.3. The maximum atomic E-state index is 11.0. The van der Waals surface area contributed by atoms with E-state index in [2.05, 4.69) is 15.9 Å². The van der Waals surface area contributed by atoms with Crippen LogP contribution in [0.4, 0.5) is 0 Å². The molecule has 0 aromatic heterocycles. The summed E-state index contributed by atoms with van der Waals surface area (Å²) in [6.45, 7) is 0. The summed E-state index contributed by atoms with van der Waals surface area (Å²) in [7, 11) is -2.36. The fraction of sp³-hybridized carbons (Fsp3) is 0.222. The summed E-state index contributed by atoms with van der Waals surface area (Å²) in [6, 6.07) is 3.06. The maximum absolute atomic E-state index is 11.0. The van der Waals surface area contributed by atoms with Gasteiger partial charge in [-0.1, -0.05) is 0 Å². The average Bonchev–Trinajstić information content (AvgIpc) is 2.16. The fourth-order valence-electron chi connectivity index (χ4n) is 1.06. The lowest BCUT2D eigenvalue weighted by Crippen LogP contribution is -2.09. The molecular weight excluding hydrogens is 300 g/mol. The molecule has 0 amide bonds. The molecule has 1 aromatic rings. The Bertz CT molecular complexity index is 509. The van der Waals surface area contributed by atoms with Gasteiger partial charge in [-0.2, -0.15) is 8.42 Å². The molecule has 0 fully saturated rings. The number of benzene rings is 1. The first-order valence-corrected chi connectivity index (χ1v) is 6.71. The van der Waals surface area contributed by atoms with Crippen molar-refractivity contribution in [3.8, 4) is 11.5 Å². The van der Waals surface area contributed by atoms with E-state index in [4.69, 9.17) is 8.92 Å². The third-order valence-electron chi connectivity index (χ3n) is 1.68. The van der Waals surface area contributed by atoms with E-state index in [1.165, 1.54) is 13.2 Å². The van der Waals surface area contributed by atoms with Crippen LogP contribution in [0, 0.1) is 0 Å². The molecular formula is C9H9BrO5S. The summed E-state index contributed by atoms with van der Waals surface area (Å²) in [4.78, 5) is 10.8. The van der Waals surface area contributed by atoms with Gasteiger partial charge >= 0.3 is 10.1 Å². The van der Waals surface area contributed by atoms with Crippen LogP contribution >= 0.6 is 15.9 Å². The Morgan fingerprint density at radius 2 is 2.00 bits per heavy atom. The Hall–Kier alpha value is -1.08. The summed E-state index contributed by atoms with van der Waals surface area (Å²) in [6.07, 6.45) is 1.38. The predicted molar refractivity (Wildman–Crippen MR) is 61.6 cm³/mol. The highest BCUT2D eigenvalue weighted by Gasteiger charge is 2.18. The lowest BCUT2D eigenvalue weighted by atomic mass is 10.2. The molecule has 16 heavy (non-hydrogen) atoms. The average molecular weight is 309 g/mol. The third kappa shape index (κ3) is 2.96. The SMILES string of the molecule is COc1ccc(Br)c(C=O)c1OS(C)(=O)=O. The highest BCUT2D eigenvalue weighted by Crippen LogP contribution is 2.35. The smallest absolute Gasteiger partial charge is 0.306 e. The number of rotatable bonds is 4. The van der Waals surface area contributed by atoms with E-state index in [9.17, 15) is 13.2 Å². The van der Waals surface area contributed by atoms with Crippen molar-refractivity contribution in [2.24, 2.45) is 0 Å². The zero-order valence-electron chi connectivity index (χ0n) is 8.56. The zero-order valence-corrected chi connectivity index (χ0v) is 11.0. The van der Waals surface area contributed by atoms with Gasteiger partial charge in [0.15, 0.2) is 17.8 Å². The molecule has 0 bridgehead atoms. The largest absolute Gasteiger partial charge is 0.493 e. The minimum Gasteiger partial charge on any atom is -0.493 e. The van der Waals surface area contributed by atoms with Gasteiger partial charge in [0.25, 0.3) is 0 Å². The summed E-state index contributed by atoms with van der Waals surface area (Å²) in [5.74, 6) is 0.0603. The van der Waals surface area contributed by atoms with Crippen molar-refractivity contribution in [2.45, 2.75) is 0 Å². The molecule has 0 aliphatic rings. The van der Waals surface area contributed by atoms with Crippen LogP contribution in [0.2, 0.25) is 0 Å². The Morgan fingerprint density at radius 1 is 1.38 bits per heavy atom. The Morgan fingerprint density at radius 3 is 2.44 bits per heavy atom. The number of hydrogen-bond acceptors (Lipinski definition) is 5. The number of hydrogen-bond donors (Lipinski definition) is 0. The van der Waals surface area contributed by atoms with Gasteiger partial charge in [-0.15, -0.1) is 0 Å². The normalized spacial score (nSPS) is 10.9. The van der Waals surface area contributed by atoms with Gasteiger partial charge < -0.3 is 8.92 Å². The molecule has 5 nitrogen and oxygen atoms in total. The molecule has 0 aliphatic heterocycles. The molecule has 7 heteroatoms. The van der Waals surface area contributed by atoms with Gasteiger partial charge in [0, 0.05) is 4.47 Å². The monoisotopic (exact) mass is 308 g/mol. The lowest BCUT2D eigenvalue weighted by molar-refractivity contribution is 0.112. The topological polar surface area (TPSA) is 69.7 Å². The van der Waals surface area contributed by atoms with Crippen molar-refractivity contribution in [2.75, 3.05) is 13.4 Å². The number of aldehydes is 1. The van der Waals surface area contributed by atoms with Crippen LogP contribution in [-0.2, 0) is 10.1 Å². The molecule has 0 unspecified atom stereocenters. The third-order valence-corrected chi connectivity index (χ3v) is 2.84. The Labute approximate surface area is 102 Å². The van der Waals surface area contributed by atoms with Gasteiger partial charge in [-0.3, -0.25) is 4.79 Å². The number of carbonyl (C=O) groups is 1. The van der Waals surface area contributed by atoms with Crippen molar-refractivity contribution >= 4 is 32.3 Å². The van der Waals surface area contributed by atoms with Crippen LogP contribution in [0.15, 0.2) is 16.6 Å². The predicted octanol–water partition coefficient (Wildman–Crippen LogP) is 1.61.